The average Bonchev–Trinajstić information content (AvgIpc) is 2.68. The molecule has 3 rings (SSSR count). The van der Waals surface area contributed by atoms with Gasteiger partial charge in [-0.15, -0.1) is 0 Å². The van der Waals surface area contributed by atoms with Crippen molar-refractivity contribution in [3.8, 4) is 5.75 Å². The van der Waals surface area contributed by atoms with Crippen LogP contribution in [0.1, 0.15) is 12.0 Å². The molecule has 0 aliphatic carbocycles. The van der Waals surface area contributed by atoms with E-state index in [1.807, 2.05) is 6.07 Å². The van der Waals surface area contributed by atoms with E-state index < -0.39 is 10.0 Å². The third kappa shape index (κ3) is 4.05. The summed E-state index contributed by atoms with van der Waals surface area (Å²) in [6.07, 6.45) is 0.761. The molecule has 1 amide bonds. The van der Waals surface area contributed by atoms with Crippen LogP contribution in [0.5, 0.6) is 5.75 Å². The lowest BCUT2D eigenvalue weighted by atomic mass is 10.1. The maximum Gasteiger partial charge on any atom is 0.243 e. The van der Waals surface area contributed by atoms with Crippen molar-refractivity contribution < 1.29 is 18.3 Å². The molecule has 1 heterocycles. The lowest BCUT2D eigenvalue weighted by Crippen LogP contribution is -2.50. The molecule has 138 valence electrons. The van der Waals surface area contributed by atoms with Crippen molar-refractivity contribution in [1.29, 1.82) is 0 Å². The van der Waals surface area contributed by atoms with Crippen LogP contribution in [-0.2, 0) is 21.2 Å². The molecule has 0 spiro atoms. The summed E-state index contributed by atoms with van der Waals surface area (Å²) in [5.74, 6) is 0.170. The number of amides is 1. The lowest BCUT2D eigenvalue weighted by molar-refractivity contribution is -0.132. The maximum atomic E-state index is 12.6. The number of hydrogen-bond acceptors (Lipinski definition) is 4. The summed E-state index contributed by atoms with van der Waals surface area (Å²) in [4.78, 5) is 14.4. The molecule has 0 saturated carbocycles. The predicted molar refractivity (Wildman–Crippen MR) is 98.2 cm³/mol. The normalized spacial score (nSPS) is 15.8. The standard InChI is InChI=1S/C19H22N2O4S/c22-18-9-5-4-6-16(18)10-11-19(23)20-12-14-21(15-13-20)26(24,25)17-7-2-1-3-8-17/h1-9,22H,10-15H2. The highest BCUT2D eigenvalue weighted by Crippen LogP contribution is 2.20. The number of aromatic hydroxyl groups is 1. The first-order valence-corrected chi connectivity index (χ1v) is 10.0. The number of sulfonamides is 1. The first kappa shape index (κ1) is 18.4. The van der Waals surface area contributed by atoms with Gasteiger partial charge >= 0.3 is 0 Å². The number of para-hydroxylation sites is 1. The summed E-state index contributed by atoms with van der Waals surface area (Å²) < 4.78 is 26.6. The van der Waals surface area contributed by atoms with E-state index >= 15 is 0 Å². The monoisotopic (exact) mass is 374 g/mol. The van der Waals surface area contributed by atoms with E-state index in [-0.39, 0.29) is 16.6 Å². The molecule has 0 bridgehead atoms. The van der Waals surface area contributed by atoms with Gasteiger partial charge in [-0.3, -0.25) is 4.79 Å². The Bertz CT molecular complexity index is 860. The van der Waals surface area contributed by atoms with Gasteiger partial charge in [0.25, 0.3) is 0 Å². The van der Waals surface area contributed by atoms with Gasteiger partial charge in [0.2, 0.25) is 15.9 Å². The summed E-state index contributed by atoms with van der Waals surface area (Å²) in [6, 6.07) is 15.3. The van der Waals surface area contributed by atoms with Gasteiger partial charge in [-0.05, 0) is 30.2 Å². The SMILES string of the molecule is O=C(CCc1ccccc1O)N1CCN(S(=O)(=O)c2ccccc2)CC1. The molecular formula is C19H22N2O4S. The smallest absolute Gasteiger partial charge is 0.243 e. The Kier molecular flexibility index (Phi) is 5.58. The summed E-state index contributed by atoms with van der Waals surface area (Å²) >= 11 is 0. The molecule has 7 heteroatoms. The van der Waals surface area contributed by atoms with Crippen LogP contribution in [0.2, 0.25) is 0 Å². The van der Waals surface area contributed by atoms with Crippen LogP contribution in [0.15, 0.2) is 59.5 Å². The van der Waals surface area contributed by atoms with Crippen LogP contribution in [0.4, 0.5) is 0 Å². The number of phenolic OH excluding ortho intramolecular Hbond substituents is 1. The Labute approximate surface area is 153 Å². The van der Waals surface area contributed by atoms with Gasteiger partial charge in [-0.2, -0.15) is 4.31 Å². The number of rotatable bonds is 5. The van der Waals surface area contributed by atoms with Gasteiger partial charge in [0.1, 0.15) is 5.75 Å². The maximum absolute atomic E-state index is 12.6. The molecule has 6 nitrogen and oxygen atoms in total. The highest BCUT2D eigenvalue weighted by Gasteiger charge is 2.29. The van der Waals surface area contributed by atoms with Crippen molar-refractivity contribution in [2.75, 3.05) is 26.2 Å². The van der Waals surface area contributed by atoms with Crippen LogP contribution in [0.3, 0.4) is 0 Å². The molecule has 1 aliphatic rings. The van der Waals surface area contributed by atoms with E-state index in [0.717, 1.165) is 5.56 Å². The van der Waals surface area contributed by atoms with Crippen molar-refractivity contribution >= 4 is 15.9 Å². The molecule has 0 aromatic heterocycles. The molecule has 26 heavy (non-hydrogen) atoms. The van der Waals surface area contributed by atoms with Crippen molar-refractivity contribution in [1.82, 2.24) is 9.21 Å². The number of carbonyl (C=O) groups excluding carboxylic acids is 1. The minimum absolute atomic E-state index is 0.0231. The van der Waals surface area contributed by atoms with Crippen molar-refractivity contribution in [3.63, 3.8) is 0 Å². The second-order valence-corrected chi connectivity index (χ2v) is 8.16. The fourth-order valence-corrected chi connectivity index (χ4v) is 4.48. The Morgan fingerprint density at radius 1 is 0.923 bits per heavy atom. The predicted octanol–water partition coefficient (Wildman–Crippen LogP) is 1.86. The number of piperazine rings is 1. The quantitative estimate of drug-likeness (QED) is 0.867. The second kappa shape index (κ2) is 7.88. The zero-order valence-corrected chi connectivity index (χ0v) is 15.2. The topological polar surface area (TPSA) is 77.9 Å². The molecule has 1 aliphatic heterocycles. The van der Waals surface area contributed by atoms with Gasteiger partial charge in [-0.1, -0.05) is 36.4 Å². The van der Waals surface area contributed by atoms with E-state index in [1.165, 1.54) is 4.31 Å². The number of benzene rings is 2. The second-order valence-electron chi connectivity index (χ2n) is 6.23. The van der Waals surface area contributed by atoms with Crippen LogP contribution in [-0.4, -0.2) is 54.8 Å². The summed E-state index contributed by atoms with van der Waals surface area (Å²) in [7, 11) is -3.51. The van der Waals surface area contributed by atoms with Crippen LogP contribution >= 0.6 is 0 Å². The number of carbonyl (C=O) groups is 1. The first-order chi connectivity index (χ1) is 12.5. The minimum atomic E-state index is -3.51. The van der Waals surface area contributed by atoms with Gasteiger partial charge in [-0.25, -0.2) is 8.42 Å². The zero-order valence-electron chi connectivity index (χ0n) is 14.4. The molecular weight excluding hydrogens is 352 g/mol. The van der Waals surface area contributed by atoms with E-state index in [4.69, 9.17) is 0 Å². The highest BCUT2D eigenvalue weighted by atomic mass is 32.2. The molecule has 1 saturated heterocycles. The van der Waals surface area contributed by atoms with E-state index in [0.29, 0.717) is 39.0 Å². The van der Waals surface area contributed by atoms with Gasteiger partial charge in [0, 0.05) is 32.6 Å². The number of nitrogens with zero attached hydrogens (tertiary/aromatic N) is 2. The fraction of sp³-hybridized carbons (Fsp3) is 0.316. The van der Waals surface area contributed by atoms with Crippen LogP contribution < -0.4 is 0 Å². The van der Waals surface area contributed by atoms with Crippen LogP contribution in [0.25, 0.3) is 0 Å². The first-order valence-electron chi connectivity index (χ1n) is 8.58. The fourth-order valence-electron chi connectivity index (χ4n) is 3.04. The zero-order chi connectivity index (χ0) is 18.6. The summed E-state index contributed by atoms with van der Waals surface area (Å²) in [5, 5.41) is 9.77. The molecule has 0 atom stereocenters. The Hall–Kier alpha value is -2.38. The number of aryl methyl sites for hydroxylation is 1. The van der Waals surface area contributed by atoms with E-state index in [9.17, 15) is 18.3 Å². The Morgan fingerprint density at radius 2 is 1.54 bits per heavy atom. The van der Waals surface area contributed by atoms with Crippen molar-refractivity contribution in [3.05, 3.63) is 60.2 Å². The van der Waals surface area contributed by atoms with Gasteiger partial charge < -0.3 is 10.0 Å². The van der Waals surface area contributed by atoms with E-state index in [2.05, 4.69) is 0 Å². The molecule has 0 unspecified atom stereocenters. The molecule has 0 radical (unpaired) electrons. The summed E-state index contributed by atoms with van der Waals surface area (Å²) in [6.45, 7) is 1.34. The van der Waals surface area contributed by atoms with Crippen molar-refractivity contribution in [2.24, 2.45) is 0 Å². The molecule has 2 aromatic rings. The number of phenols is 1. The largest absolute Gasteiger partial charge is 0.508 e. The van der Waals surface area contributed by atoms with E-state index in [1.54, 1.807) is 53.4 Å². The van der Waals surface area contributed by atoms with Crippen molar-refractivity contribution in [2.45, 2.75) is 17.7 Å². The molecule has 1 fully saturated rings. The minimum Gasteiger partial charge on any atom is -0.508 e. The lowest BCUT2D eigenvalue weighted by Gasteiger charge is -2.34. The van der Waals surface area contributed by atoms with Gasteiger partial charge in [0.05, 0.1) is 4.90 Å². The Balaban J connectivity index is 1.55. The third-order valence-corrected chi connectivity index (χ3v) is 6.49. The summed E-state index contributed by atoms with van der Waals surface area (Å²) in [5.41, 5.74) is 0.742. The average molecular weight is 374 g/mol. The third-order valence-electron chi connectivity index (χ3n) is 4.57. The number of hydrogen-bond donors (Lipinski definition) is 1. The molecule has 1 N–H and O–H groups in total. The Morgan fingerprint density at radius 3 is 2.19 bits per heavy atom. The van der Waals surface area contributed by atoms with Gasteiger partial charge in [0.15, 0.2) is 0 Å². The highest BCUT2D eigenvalue weighted by molar-refractivity contribution is 7.89. The van der Waals surface area contributed by atoms with Crippen LogP contribution in [0, 0.1) is 0 Å². The molecule has 2 aromatic carbocycles.